The number of methoxy groups -OCH3 is 1. The number of hydrogen-bond acceptors (Lipinski definition) is 4. The summed E-state index contributed by atoms with van der Waals surface area (Å²) in [4.78, 5) is 12.7. The molecule has 0 fully saturated rings. The maximum absolute atomic E-state index is 13.1. The summed E-state index contributed by atoms with van der Waals surface area (Å²) in [6, 6.07) is 6.94. The molecule has 1 N–H and O–H groups in total. The van der Waals surface area contributed by atoms with Crippen molar-refractivity contribution < 1.29 is 40.6 Å². The number of ether oxygens (including phenoxy) is 2. The zero-order valence-corrected chi connectivity index (χ0v) is 18.5. The van der Waals surface area contributed by atoms with E-state index in [9.17, 15) is 31.1 Å². The monoisotopic (exact) mass is 509 g/mol. The quantitative estimate of drug-likeness (QED) is 0.491. The van der Waals surface area contributed by atoms with Crippen molar-refractivity contribution in [2.24, 2.45) is 10.5 Å². The molecule has 1 unspecified atom stereocenters. The SMILES string of the molecule is COCC1(C)CN(C(=O)Nc2ccc(OC(F)(F)F)cc2)N=C1c1ccc(C(F)(F)F)c(Cl)c1. The zero-order chi connectivity index (χ0) is 25.3. The van der Waals surface area contributed by atoms with Gasteiger partial charge in [-0.3, -0.25) is 0 Å². The molecule has 0 spiro atoms. The predicted molar refractivity (Wildman–Crippen MR) is 112 cm³/mol. The van der Waals surface area contributed by atoms with E-state index >= 15 is 0 Å². The van der Waals surface area contributed by atoms with Crippen LogP contribution in [0.25, 0.3) is 0 Å². The van der Waals surface area contributed by atoms with Crippen LogP contribution in [-0.4, -0.2) is 43.4 Å². The van der Waals surface area contributed by atoms with E-state index in [1.165, 1.54) is 25.3 Å². The first kappa shape index (κ1) is 25.6. The van der Waals surface area contributed by atoms with Crippen LogP contribution < -0.4 is 10.1 Å². The fraction of sp³-hybridized carbons (Fsp3) is 0.333. The lowest BCUT2D eigenvalue weighted by Gasteiger charge is -2.25. The summed E-state index contributed by atoms with van der Waals surface area (Å²) in [6.45, 7) is 1.84. The summed E-state index contributed by atoms with van der Waals surface area (Å²) in [7, 11) is 1.43. The number of hydrogen-bond donors (Lipinski definition) is 1. The Labute approximate surface area is 195 Å². The van der Waals surface area contributed by atoms with E-state index in [4.69, 9.17) is 16.3 Å². The number of urea groups is 1. The Kier molecular flexibility index (Phi) is 7.04. The average molecular weight is 510 g/mol. The molecule has 0 saturated carbocycles. The van der Waals surface area contributed by atoms with E-state index in [1.54, 1.807) is 6.92 Å². The Hall–Kier alpha value is -2.99. The van der Waals surface area contributed by atoms with Crippen LogP contribution >= 0.6 is 11.6 Å². The molecule has 34 heavy (non-hydrogen) atoms. The van der Waals surface area contributed by atoms with Crippen molar-refractivity contribution in [2.75, 3.05) is 25.6 Å². The van der Waals surface area contributed by atoms with Gasteiger partial charge in [0.2, 0.25) is 0 Å². The van der Waals surface area contributed by atoms with E-state index in [1.807, 2.05) is 0 Å². The lowest BCUT2D eigenvalue weighted by molar-refractivity contribution is -0.274. The molecule has 0 aromatic heterocycles. The van der Waals surface area contributed by atoms with E-state index in [-0.39, 0.29) is 30.1 Å². The number of amides is 2. The van der Waals surface area contributed by atoms with Gasteiger partial charge in [-0.1, -0.05) is 17.7 Å². The number of anilines is 1. The Morgan fingerprint density at radius 3 is 2.32 bits per heavy atom. The van der Waals surface area contributed by atoms with Crippen LogP contribution in [0.4, 0.5) is 36.8 Å². The molecule has 0 bridgehead atoms. The molecule has 13 heteroatoms. The number of alkyl halides is 6. The van der Waals surface area contributed by atoms with Gasteiger partial charge in [0.25, 0.3) is 0 Å². The van der Waals surface area contributed by atoms with Crippen LogP contribution in [0.5, 0.6) is 5.75 Å². The number of carbonyl (C=O) groups excluding carboxylic acids is 1. The van der Waals surface area contributed by atoms with Crippen LogP contribution in [0, 0.1) is 5.41 Å². The first-order chi connectivity index (χ1) is 15.7. The number of benzene rings is 2. The lowest BCUT2D eigenvalue weighted by Crippen LogP contribution is -2.38. The molecule has 0 radical (unpaired) electrons. The summed E-state index contributed by atoms with van der Waals surface area (Å²) in [6.07, 6.45) is -9.48. The van der Waals surface area contributed by atoms with Crippen LogP contribution in [0.3, 0.4) is 0 Å². The van der Waals surface area contributed by atoms with Crippen LogP contribution in [0.1, 0.15) is 18.1 Å². The molecule has 2 aromatic rings. The van der Waals surface area contributed by atoms with Crippen molar-refractivity contribution in [2.45, 2.75) is 19.5 Å². The first-order valence-corrected chi connectivity index (χ1v) is 9.99. The number of nitrogens with zero attached hydrogens (tertiary/aromatic N) is 2. The van der Waals surface area contributed by atoms with Gasteiger partial charge >= 0.3 is 18.6 Å². The summed E-state index contributed by atoms with van der Waals surface area (Å²) in [5, 5.41) is 7.30. The smallest absolute Gasteiger partial charge is 0.406 e. The Morgan fingerprint density at radius 1 is 1.15 bits per heavy atom. The minimum atomic E-state index is -4.85. The number of nitrogens with one attached hydrogen (secondary N) is 1. The highest BCUT2D eigenvalue weighted by atomic mass is 35.5. The Morgan fingerprint density at radius 2 is 1.79 bits per heavy atom. The third-order valence-corrected chi connectivity index (χ3v) is 5.19. The Bertz CT molecular complexity index is 1090. The van der Waals surface area contributed by atoms with Crippen molar-refractivity contribution in [3.8, 4) is 5.75 Å². The highest BCUT2D eigenvalue weighted by molar-refractivity contribution is 6.32. The molecule has 184 valence electrons. The van der Waals surface area contributed by atoms with E-state index in [2.05, 4.69) is 15.2 Å². The van der Waals surface area contributed by atoms with Gasteiger partial charge in [-0.25, -0.2) is 9.80 Å². The molecular weight excluding hydrogens is 492 g/mol. The number of carbonyl (C=O) groups is 1. The molecule has 1 aliphatic rings. The van der Waals surface area contributed by atoms with Crippen LogP contribution in [-0.2, 0) is 10.9 Å². The number of rotatable bonds is 5. The molecule has 1 heterocycles. The van der Waals surface area contributed by atoms with E-state index in [0.717, 1.165) is 29.3 Å². The molecule has 6 nitrogen and oxygen atoms in total. The van der Waals surface area contributed by atoms with Crippen molar-refractivity contribution >= 4 is 29.0 Å². The van der Waals surface area contributed by atoms with Crippen molar-refractivity contribution in [1.29, 1.82) is 0 Å². The van der Waals surface area contributed by atoms with Gasteiger partial charge in [0.15, 0.2) is 0 Å². The van der Waals surface area contributed by atoms with Gasteiger partial charge in [-0.15, -0.1) is 13.2 Å². The highest BCUT2D eigenvalue weighted by Gasteiger charge is 2.42. The van der Waals surface area contributed by atoms with Gasteiger partial charge in [-0.05, 0) is 48.9 Å². The van der Waals surface area contributed by atoms with Gasteiger partial charge < -0.3 is 14.8 Å². The first-order valence-electron chi connectivity index (χ1n) is 9.61. The molecule has 2 amide bonds. The van der Waals surface area contributed by atoms with Gasteiger partial charge in [0.05, 0.1) is 34.9 Å². The van der Waals surface area contributed by atoms with Crippen molar-refractivity contribution in [3.63, 3.8) is 0 Å². The second kappa shape index (κ2) is 9.34. The zero-order valence-electron chi connectivity index (χ0n) is 17.7. The minimum absolute atomic E-state index is 0.0237. The van der Waals surface area contributed by atoms with Crippen LogP contribution in [0.2, 0.25) is 5.02 Å². The van der Waals surface area contributed by atoms with Gasteiger partial charge in [0.1, 0.15) is 5.75 Å². The summed E-state index contributed by atoms with van der Waals surface area (Å²) in [5.41, 5.74) is -1.14. The third kappa shape index (κ3) is 5.92. The second-order valence-electron chi connectivity index (χ2n) is 7.69. The summed E-state index contributed by atoms with van der Waals surface area (Å²) >= 11 is 5.84. The molecule has 0 saturated heterocycles. The van der Waals surface area contributed by atoms with E-state index in [0.29, 0.717) is 0 Å². The largest absolute Gasteiger partial charge is 0.573 e. The second-order valence-corrected chi connectivity index (χ2v) is 8.10. The molecule has 3 rings (SSSR count). The van der Waals surface area contributed by atoms with Crippen molar-refractivity contribution in [1.82, 2.24) is 5.01 Å². The summed E-state index contributed by atoms with van der Waals surface area (Å²) in [5.74, 6) is -0.459. The van der Waals surface area contributed by atoms with Crippen LogP contribution in [0.15, 0.2) is 47.6 Å². The normalized spacial score (nSPS) is 18.6. The maximum atomic E-state index is 13.1. The summed E-state index contributed by atoms with van der Waals surface area (Å²) < 4.78 is 85.0. The van der Waals surface area contributed by atoms with Gasteiger partial charge in [-0.2, -0.15) is 18.3 Å². The molecular formula is C21H18ClF6N3O3. The number of halogens is 7. The minimum Gasteiger partial charge on any atom is -0.406 e. The fourth-order valence-corrected chi connectivity index (χ4v) is 3.75. The Balaban J connectivity index is 1.83. The predicted octanol–water partition coefficient (Wildman–Crippen LogP) is 6.16. The third-order valence-electron chi connectivity index (χ3n) is 4.88. The average Bonchev–Trinajstić information content (AvgIpc) is 3.05. The highest BCUT2D eigenvalue weighted by Crippen LogP contribution is 2.38. The van der Waals surface area contributed by atoms with E-state index < -0.39 is 40.3 Å². The number of hydrazone groups is 1. The molecule has 0 aliphatic carbocycles. The fourth-order valence-electron chi connectivity index (χ4n) is 3.46. The standard InChI is InChI=1S/C21H18ClF6N3O3/c1-19(11-33-2)10-31(18(32)29-13-4-6-14(7-5-13)34-21(26,27)28)30-17(19)12-3-8-15(16(22)9-12)20(23,24)25/h3-9H,10-11H2,1-2H3,(H,29,32). The topological polar surface area (TPSA) is 63.2 Å². The lowest BCUT2D eigenvalue weighted by atomic mass is 9.83. The van der Waals surface area contributed by atoms with Gasteiger partial charge in [0, 0.05) is 12.8 Å². The molecule has 1 atom stereocenters. The molecule has 1 aliphatic heterocycles. The molecule has 2 aromatic carbocycles. The maximum Gasteiger partial charge on any atom is 0.573 e. The van der Waals surface area contributed by atoms with Crippen molar-refractivity contribution in [3.05, 3.63) is 58.6 Å².